The van der Waals surface area contributed by atoms with Gasteiger partial charge in [-0.2, -0.15) is 5.10 Å². The SMILES string of the molecule is CCOc1cc(/C=N/NC(=O)c2ccc(COc3ccc(-n4c(C)ccc4C)cc3)o2)cc([N+](=O)[O-])c1OCc1ccc(Cl)cc1Cl. The summed E-state index contributed by atoms with van der Waals surface area (Å²) >= 11 is 12.2. The van der Waals surface area contributed by atoms with Crippen LogP contribution < -0.4 is 19.6 Å². The van der Waals surface area contributed by atoms with Gasteiger partial charge in [0.25, 0.3) is 0 Å². The predicted octanol–water partition coefficient (Wildman–Crippen LogP) is 8.22. The zero-order chi connectivity index (χ0) is 33.5. The number of aromatic nitrogens is 1. The van der Waals surface area contributed by atoms with Crippen LogP contribution in [0.25, 0.3) is 5.69 Å². The van der Waals surface area contributed by atoms with Crippen LogP contribution in [0.5, 0.6) is 17.2 Å². The lowest BCUT2D eigenvalue weighted by molar-refractivity contribution is -0.386. The minimum absolute atomic E-state index is 0.0141. The van der Waals surface area contributed by atoms with Crippen LogP contribution in [0, 0.1) is 24.0 Å². The molecule has 47 heavy (non-hydrogen) atoms. The van der Waals surface area contributed by atoms with E-state index in [-0.39, 0.29) is 42.8 Å². The van der Waals surface area contributed by atoms with E-state index >= 15 is 0 Å². The van der Waals surface area contributed by atoms with E-state index in [1.54, 1.807) is 31.2 Å². The van der Waals surface area contributed by atoms with Crippen LogP contribution in [0.3, 0.4) is 0 Å². The molecule has 11 nitrogen and oxygen atoms in total. The molecule has 0 spiro atoms. The second-order valence-corrected chi connectivity index (χ2v) is 11.1. The highest BCUT2D eigenvalue weighted by Crippen LogP contribution is 2.39. The lowest BCUT2D eigenvalue weighted by atomic mass is 10.1. The Hall–Kier alpha value is -5.26. The first-order chi connectivity index (χ1) is 22.6. The van der Waals surface area contributed by atoms with E-state index in [9.17, 15) is 14.9 Å². The fraction of sp³-hybridized carbons (Fsp3) is 0.176. The average Bonchev–Trinajstić information content (AvgIpc) is 3.66. The molecule has 0 saturated heterocycles. The molecule has 5 aromatic rings. The van der Waals surface area contributed by atoms with E-state index in [0.29, 0.717) is 32.7 Å². The van der Waals surface area contributed by atoms with Gasteiger partial charge in [-0.1, -0.05) is 29.3 Å². The summed E-state index contributed by atoms with van der Waals surface area (Å²) in [4.78, 5) is 24.0. The molecule has 0 fully saturated rings. The highest BCUT2D eigenvalue weighted by atomic mass is 35.5. The molecule has 2 heterocycles. The van der Waals surface area contributed by atoms with Crippen molar-refractivity contribution in [2.45, 2.75) is 34.0 Å². The van der Waals surface area contributed by atoms with Crippen LogP contribution in [-0.4, -0.2) is 28.2 Å². The van der Waals surface area contributed by atoms with Crippen LogP contribution in [-0.2, 0) is 13.2 Å². The van der Waals surface area contributed by atoms with Crippen molar-refractivity contribution in [2.75, 3.05) is 6.61 Å². The summed E-state index contributed by atoms with van der Waals surface area (Å²) in [5, 5.41) is 16.7. The van der Waals surface area contributed by atoms with Crippen LogP contribution in [0.15, 0.2) is 88.4 Å². The Balaban J connectivity index is 1.21. The van der Waals surface area contributed by atoms with Crippen molar-refractivity contribution < 1.29 is 28.3 Å². The summed E-state index contributed by atoms with van der Waals surface area (Å²) in [5.74, 6) is 0.534. The topological polar surface area (TPSA) is 130 Å². The zero-order valence-electron chi connectivity index (χ0n) is 25.7. The number of benzene rings is 3. The minimum atomic E-state index is -0.617. The number of amides is 1. The summed E-state index contributed by atoms with van der Waals surface area (Å²) in [6, 6.07) is 22.6. The molecular weight excluding hydrogens is 647 g/mol. The normalized spacial score (nSPS) is 11.1. The van der Waals surface area contributed by atoms with Gasteiger partial charge in [0, 0.05) is 44.3 Å². The maximum atomic E-state index is 12.7. The quantitative estimate of drug-likeness (QED) is 0.0755. The second kappa shape index (κ2) is 14.9. The second-order valence-electron chi connectivity index (χ2n) is 10.3. The number of ether oxygens (including phenoxy) is 3. The first-order valence-corrected chi connectivity index (χ1v) is 15.2. The van der Waals surface area contributed by atoms with Crippen LogP contribution in [0.4, 0.5) is 5.69 Å². The van der Waals surface area contributed by atoms with Gasteiger partial charge < -0.3 is 23.2 Å². The Bertz CT molecular complexity index is 1910. The minimum Gasteiger partial charge on any atom is -0.490 e. The fourth-order valence-electron chi connectivity index (χ4n) is 4.73. The average molecular weight is 678 g/mol. The molecule has 1 N–H and O–H groups in total. The molecule has 5 rings (SSSR count). The molecule has 0 atom stereocenters. The molecule has 13 heteroatoms. The van der Waals surface area contributed by atoms with Crippen molar-refractivity contribution in [2.24, 2.45) is 5.10 Å². The van der Waals surface area contributed by atoms with Crippen molar-refractivity contribution in [3.05, 3.63) is 133 Å². The molecule has 0 bridgehead atoms. The Morgan fingerprint density at radius 2 is 1.70 bits per heavy atom. The van der Waals surface area contributed by atoms with E-state index in [1.165, 1.54) is 24.4 Å². The smallest absolute Gasteiger partial charge is 0.315 e. The third kappa shape index (κ3) is 8.13. The van der Waals surface area contributed by atoms with Gasteiger partial charge in [0.15, 0.2) is 11.5 Å². The number of hydrazone groups is 1. The summed E-state index contributed by atoms with van der Waals surface area (Å²) in [5.41, 5.74) is 6.19. The summed E-state index contributed by atoms with van der Waals surface area (Å²) in [7, 11) is 0. The lowest BCUT2D eigenvalue weighted by Gasteiger charge is -2.14. The van der Waals surface area contributed by atoms with Crippen molar-refractivity contribution in [1.29, 1.82) is 0 Å². The Kier molecular flexibility index (Phi) is 10.5. The number of rotatable bonds is 13. The van der Waals surface area contributed by atoms with E-state index in [4.69, 9.17) is 41.8 Å². The Labute approximate surface area is 280 Å². The molecule has 0 unspecified atom stereocenters. The molecule has 0 saturated carbocycles. The van der Waals surface area contributed by atoms with Crippen molar-refractivity contribution in [1.82, 2.24) is 9.99 Å². The van der Waals surface area contributed by atoms with Crippen molar-refractivity contribution in [3.63, 3.8) is 0 Å². The first-order valence-electron chi connectivity index (χ1n) is 14.4. The number of halogens is 2. The number of nitro benzene ring substituents is 1. The van der Waals surface area contributed by atoms with Gasteiger partial charge in [0.05, 0.1) is 17.7 Å². The molecule has 0 aliphatic carbocycles. The zero-order valence-corrected chi connectivity index (χ0v) is 27.2. The van der Waals surface area contributed by atoms with Crippen LogP contribution in [0.1, 0.15) is 45.8 Å². The van der Waals surface area contributed by atoms with Gasteiger partial charge in [-0.25, -0.2) is 5.43 Å². The Morgan fingerprint density at radius 1 is 0.957 bits per heavy atom. The number of furan rings is 1. The highest BCUT2D eigenvalue weighted by molar-refractivity contribution is 6.35. The number of nitrogens with zero attached hydrogens (tertiary/aromatic N) is 3. The number of nitrogens with one attached hydrogen (secondary N) is 1. The molecule has 0 aliphatic heterocycles. The van der Waals surface area contributed by atoms with Gasteiger partial charge in [0.2, 0.25) is 5.75 Å². The number of carbonyl (C=O) groups is 1. The lowest BCUT2D eigenvalue weighted by Crippen LogP contribution is -2.16. The number of hydrogen-bond donors (Lipinski definition) is 1. The number of carbonyl (C=O) groups excluding carboxylic acids is 1. The predicted molar refractivity (Wildman–Crippen MR) is 178 cm³/mol. The molecule has 3 aromatic carbocycles. The molecule has 1 amide bonds. The monoisotopic (exact) mass is 676 g/mol. The summed E-state index contributed by atoms with van der Waals surface area (Å²) < 4.78 is 25.0. The fourth-order valence-corrected chi connectivity index (χ4v) is 5.20. The molecule has 0 aliphatic rings. The molecule has 242 valence electrons. The van der Waals surface area contributed by atoms with E-state index in [1.807, 2.05) is 38.1 Å². The van der Waals surface area contributed by atoms with Crippen molar-refractivity contribution in [3.8, 4) is 22.9 Å². The molecular formula is C34H30Cl2N4O7. The van der Waals surface area contributed by atoms with E-state index in [2.05, 4.69) is 27.2 Å². The maximum absolute atomic E-state index is 12.7. The van der Waals surface area contributed by atoms with Gasteiger partial charge in [-0.15, -0.1) is 0 Å². The van der Waals surface area contributed by atoms with E-state index < -0.39 is 10.8 Å². The van der Waals surface area contributed by atoms with Crippen molar-refractivity contribution >= 4 is 41.0 Å². The molecule has 2 aromatic heterocycles. The summed E-state index contributed by atoms with van der Waals surface area (Å²) in [6.45, 7) is 6.10. The maximum Gasteiger partial charge on any atom is 0.315 e. The number of nitro groups is 1. The van der Waals surface area contributed by atoms with Gasteiger partial charge in [-0.05, 0) is 87.5 Å². The van der Waals surface area contributed by atoms with Crippen LogP contribution in [0.2, 0.25) is 10.0 Å². The highest BCUT2D eigenvalue weighted by Gasteiger charge is 2.23. The third-order valence-corrected chi connectivity index (χ3v) is 7.54. The number of aryl methyl sites for hydroxylation is 2. The largest absolute Gasteiger partial charge is 0.490 e. The molecule has 0 radical (unpaired) electrons. The standard InChI is InChI=1S/C34H30Cl2N4O7/c1-4-44-32-16-23(15-30(40(42)43)33(32)46-19-24-7-8-25(35)17-29(24)36)18-37-38-34(41)31-14-13-28(47-31)20-45-27-11-9-26(10-12-27)39-21(2)5-6-22(39)3/h5-18H,4,19-20H2,1-3H3,(H,38,41)/b37-18+. The van der Waals surface area contributed by atoms with Gasteiger partial charge >= 0.3 is 11.6 Å². The summed E-state index contributed by atoms with van der Waals surface area (Å²) in [6.07, 6.45) is 1.25. The van der Waals surface area contributed by atoms with Gasteiger partial charge in [0.1, 0.15) is 24.7 Å². The van der Waals surface area contributed by atoms with Crippen LogP contribution >= 0.6 is 23.2 Å². The Morgan fingerprint density at radius 3 is 2.38 bits per heavy atom. The van der Waals surface area contributed by atoms with E-state index in [0.717, 1.165) is 17.1 Å². The number of hydrogen-bond acceptors (Lipinski definition) is 8. The first kappa shape index (κ1) is 33.1. The third-order valence-electron chi connectivity index (χ3n) is 6.95. The van der Waals surface area contributed by atoms with Gasteiger partial charge in [-0.3, -0.25) is 14.9 Å².